The van der Waals surface area contributed by atoms with Crippen molar-refractivity contribution in [1.82, 2.24) is 4.90 Å². The normalized spacial score (nSPS) is 18.1. The van der Waals surface area contributed by atoms with Crippen LogP contribution in [0.3, 0.4) is 0 Å². The second kappa shape index (κ2) is 8.11. The van der Waals surface area contributed by atoms with Gasteiger partial charge in [0.15, 0.2) is 5.78 Å². The molecule has 1 atom stereocenters. The van der Waals surface area contributed by atoms with Gasteiger partial charge in [0, 0.05) is 13.0 Å². The summed E-state index contributed by atoms with van der Waals surface area (Å²) in [4.78, 5) is 25.6. The molecule has 2 rings (SSSR count). The van der Waals surface area contributed by atoms with Crippen molar-refractivity contribution in [3.05, 3.63) is 29.3 Å². The van der Waals surface area contributed by atoms with E-state index in [2.05, 4.69) is 0 Å². The molecule has 1 heterocycles. The maximum Gasteiger partial charge on any atom is 0.320 e. The van der Waals surface area contributed by atoms with Crippen LogP contribution < -0.4 is 4.74 Å². The number of carboxylic acids is 1. The van der Waals surface area contributed by atoms with Gasteiger partial charge in [-0.05, 0) is 44.9 Å². The fourth-order valence-electron chi connectivity index (χ4n) is 2.95. The van der Waals surface area contributed by atoms with Gasteiger partial charge in [-0.1, -0.05) is 18.6 Å². The summed E-state index contributed by atoms with van der Waals surface area (Å²) in [7, 11) is 0. The molecule has 1 N–H and O–H groups in total. The van der Waals surface area contributed by atoms with E-state index in [1.54, 1.807) is 0 Å². The molecule has 0 amide bonds. The molecule has 0 aromatic heterocycles. The van der Waals surface area contributed by atoms with Crippen LogP contribution >= 0.6 is 0 Å². The standard InChI is InChI=1S/C18H25NO4/c1-3-11-23-17-7-6-13(2)12-14(17)16(20)8-10-19-9-4-5-15(19)18(21)22/h6-7,12,15H,3-5,8-11H2,1-2H3,(H,21,22). The minimum absolute atomic E-state index is 0.0100. The zero-order valence-corrected chi connectivity index (χ0v) is 13.9. The van der Waals surface area contributed by atoms with Crippen molar-refractivity contribution in [2.24, 2.45) is 0 Å². The van der Waals surface area contributed by atoms with Gasteiger partial charge in [0.25, 0.3) is 0 Å². The lowest BCUT2D eigenvalue weighted by atomic mass is 10.0. The first-order chi connectivity index (χ1) is 11.0. The molecule has 0 saturated carbocycles. The third-order valence-corrected chi connectivity index (χ3v) is 4.17. The molecule has 1 aliphatic heterocycles. The summed E-state index contributed by atoms with van der Waals surface area (Å²) in [6.45, 7) is 5.78. The number of ketones is 1. The number of nitrogens with zero attached hydrogens (tertiary/aromatic N) is 1. The quantitative estimate of drug-likeness (QED) is 0.746. The van der Waals surface area contributed by atoms with Crippen LogP contribution in [0.25, 0.3) is 0 Å². The molecule has 1 aliphatic rings. The lowest BCUT2D eigenvalue weighted by Crippen LogP contribution is -2.37. The Hall–Kier alpha value is -1.88. The Kier molecular flexibility index (Phi) is 6.16. The van der Waals surface area contributed by atoms with E-state index in [0.29, 0.717) is 37.3 Å². The number of aliphatic carboxylic acids is 1. The predicted molar refractivity (Wildman–Crippen MR) is 88.1 cm³/mol. The number of benzene rings is 1. The van der Waals surface area contributed by atoms with Crippen LogP contribution in [0.5, 0.6) is 5.75 Å². The topological polar surface area (TPSA) is 66.8 Å². The first kappa shape index (κ1) is 17.5. The van der Waals surface area contributed by atoms with E-state index in [0.717, 1.165) is 24.9 Å². The van der Waals surface area contributed by atoms with Crippen molar-refractivity contribution in [3.63, 3.8) is 0 Å². The highest BCUT2D eigenvalue weighted by Gasteiger charge is 2.30. The Morgan fingerprint density at radius 3 is 2.87 bits per heavy atom. The van der Waals surface area contributed by atoms with Gasteiger partial charge in [-0.3, -0.25) is 14.5 Å². The smallest absolute Gasteiger partial charge is 0.320 e. The Bertz CT molecular complexity index is 570. The lowest BCUT2D eigenvalue weighted by Gasteiger charge is -2.20. The molecule has 1 unspecified atom stereocenters. The molecule has 1 aromatic carbocycles. The Morgan fingerprint density at radius 2 is 2.17 bits per heavy atom. The van der Waals surface area contributed by atoms with E-state index >= 15 is 0 Å². The fourth-order valence-corrected chi connectivity index (χ4v) is 2.95. The number of carbonyl (C=O) groups excluding carboxylic acids is 1. The van der Waals surface area contributed by atoms with Crippen molar-refractivity contribution in [2.75, 3.05) is 19.7 Å². The highest BCUT2D eigenvalue weighted by Crippen LogP contribution is 2.23. The van der Waals surface area contributed by atoms with Crippen LogP contribution in [0.4, 0.5) is 0 Å². The third-order valence-electron chi connectivity index (χ3n) is 4.17. The molecule has 5 nitrogen and oxygen atoms in total. The lowest BCUT2D eigenvalue weighted by molar-refractivity contribution is -0.142. The second-order valence-electron chi connectivity index (χ2n) is 6.05. The van der Waals surface area contributed by atoms with Gasteiger partial charge in [-0.15, -0.1) is 0 Å². The number of hydrogen-bond donors (Lipinski definition) is 1. The molecule has 0 spiro atoms. The second-order valence-corrected chi connectivity index (χ2v) is 6.05. The number of rotatable bonds is 8. The number of Topliss-reactive ketones (excluding diaryl/α,β-unsaturated/α-hetero) is 1. The molecule has 0 radical (unpaired) electrons. The van der Waals surface area contributed by atoms with E-state index in [9.17, 15) is 14.7 Å². The minimum Gasteiger partial charge on any atom is -0.493 e. The van der Waals surface area contributed by atoms with Crippen LogP contribution in [-0.2, 0) is 4.79 Å². The summed E-state index contributed by atoms with van der Waals surface area (Å²) in [5, 5.41) is 9.20. The zero-order valence-electron chi connectivity index (χ0n) is 13.9. The van der Waals surface area contributed by atoms with Crippen LogP contribution in [0.1, 0.15) is 48.5 Å². The van der Waals surface area contributed by atoms with Crippen molar-refractivity contribution < 1.29 is 19.4 Å². The first-order valence-electron chi connectivity index (χ1n) is 8.26. The maximum atomic E-state index is 12.6. The molecular formula is C18H25NO4. The molecule has 0 bridgehead atoms. The van der Waals surface area contributed by atoms with Gasteiger partial charge in [0.2, 0.25) is 0 Å². The summed E-state index contributed by atoms with van der Waals surface area (Å²) < 4.78 is 5.67. The van der Waals surface area contributed by atoms with E-state index in [1.807, 2.05) is 36.9 Å². The summed E-state index contributed by atoms with van der Waals surface area (Å²) >= 11 is 0. The Balaban J connectivity index is 2.02. The minimum atomic E-state index is -0.794. The molecule has 1 fully saturated rings. The van der Waals surface area contributed by atoms with E-state index in [-0.39, 0.29) is 5.78 Å². The van der Waals surface area contributed by atoms with Gasteiger partial charge in [0.1, 0.15) is 11.8 Å². The average molecular weight is 319 g/mol. The number of likely N-dealkylation sites (tertiary alicyclic amines) is 1. The van der Waals surface area contributed by atoms with Gasteiger partial charge >= 0.3 is 5.97 Å². The largest absolute Gasteiger partial charge is 0.493 e. The maximum absolute atomic E-state index is 12.6. The average Bonchev–Trinajstić information content (AvgIpc) is 3.00. The Labute approximate surface area is 137 Å². The number of ether oxygens (including phenoxy) is 1. The summed E-state index contributed by atoms with van der Waals surface area (Å²) in [5.74, 6) is -0.160. The molecular weight excluding hydrogens is 294 g/mol. The first-order valence-corrected chi connectivity index (χ1v) is 8.26. The number of hydrogen-bond acceptors (Lipinski definition) is 4. The highest BCUT2D eigenvalue weighted by molar-refractivity contribution is 5.99. The van der Waals surface area contributed by atoms with Crippen molar-refractivity contribution >= 4 is 11.8 Å². The predicted octanol–water partition coefficient (Wildman–Crippen LogP) is 2.91. The van der Waals surface area contributed by atoms with Crippen LogP contribution in [0.2, 0.25) is 0 Å². The molecule has 23 heavy (non-hydrogen) atoms. The number of aryl methyl sites for hydroxylation is 1. The molecule has 0 aliphatic carbocycles. The third kappa shape index (κ3) is 4.55. The molecule has 1 saturated heterocycles. The van der Waals surface area contributed by atoms with E-state index < -0.39 is 12.0 Å². The zero-order chi connectivity index (χ0) is 16.8. The Morgan fingerprint density at radius 1 is 1.39 bits per heavy atom. The number of carboxylic acid groups (broad SMARTS) is 1. The summed E-state index contributed by atoms with van der Waals surface area (Å²) in [6, 6.07) is 5.18. The fraction of sp³-hybridized carbons (Fsp3) is 0.556. The monoisotopic (exact) mass is 319 g/mol. The van der Waals surface area contributed by atoms with Crippen molar-refractivity contribution in [3.8, 4) is 5.75 Å². The van der Waals surface area contributed by atoms with Crippen LogP contribution in [0.15, 0.2) is 18.2 Å². The van der Waals surface area contributed by atoms with E-state index in [4.69, 9.17) is 4.74 Å². The number of carbonyl (C=O) groups is 2. The molecule has 1 aromatic rings. The SMILES string of the molecule is CCCOc1ccc(C)cc1C(=O)CCN1CCCC1C(=O)O. The van der Waals surface area contributed by atoms with Gasteiger partial charge < -0.3 is 9.84 Å². The van der Waals surface area contributed by atoms with Gasteiger partial charge in [-0.25, -0.2) is 0 Å². The van der Waals surface area contributed by atoms with Crippen LogP contribution in [0, 0.1) is 6.92 Å². The van der Waals surface area contributed by atoms with E-state index in [1.165, 1.54) is 0 Å². The summed E-state index contributed by atoms with van der Waals surface area (Å²) in [6.07, 6.45) is 2.74. The van der Waals surface area contributed by atoms with Crippen molar-refractivity contribution in [2.45, 2.75) is 45.6 Å². The molecule has 126 valence electrons. The van der Waals surface area contributed by atoms with Gasteiger partial charge in [-0.2, -0.15) is 0 Å². The van der Waals surface area contributed by atoms with Crippen LogP contribution in [-0.4, -0.2) is 47.5 Å². The van der Waals surface area contributed by atoms with Crippen molar-refractivity contribution in [1.29, 1.82) is 0 Å². The summed E-state index contributed by atoms with van der Waals surface area (Å²) in [5.41, 5.74) is 1.62. The molecule has 5 heteroatoms. The van der Waals surface area contributed by atoms with Gasteiger partial charge in [0.05, 0.1) is 12.2 Å². The highest BCUT2D eigenvalue weighted by atomic mass is 16.5.